The Bertz CT molecular complexity index is 1230. The first-order valence-corrected chi connectivity index (χ1v) is 13.0. The largest absolute Gasteiger partial charge is 0.495 e. The van der Waals surface area contributed by atoms with Gasteiger partial charge in [0, 0.05) is 50.0 Å². The van der Waals surface area contributed by atoms with E-state index in [1.807, 2.05) is 54.6 Å². The molecule has 0 spiro atoms. The van der Waals surface area contributed by atoms with E-state index in [0.717, 1.165) is 62.6 Å². The molecule has 37 heavy (non-hydrogen) atoms. The van der Waals surface area contributed by atoms with E-state index >= 15 is 0 Å². The number of benzene rings is 3. The number of carbonyl (C=O) groups is 2. The molecule has 1 aliphatic heterocycles. The molecule has 1 heterocycles. The average molecular weight is 499 g/mol. The van der Waals surface area contributed by atoms with Crippen LogP contribution < -0.4 is 25.2 Å². The summed E-state index contributed by atoms with van der Waals surface area (Å²) in [6.07, 6.45) is 2.64. The van der Waals surface area contributed by atoms with Crippen LogP contribution in [0.3, 0.4) is 0 Å². The van der Waals surface area contributed by atoms with E-state index in [1.54, 1.807) is 7.11 Å². The van der Waals surface area contributed by atoms with Crippen LogP contribution in [0.4, 0.5) is 17.1 Å². The highest BCUT2D eigenvalue weighted by Gasteiger charge is 2.30. The van der Waals surface area contributed by atoms with Crippen molar-refractivity contribution in [2.75, 3.05) is 55.0 Å². The summed E-state index contributed by atoms with van der Waals surface area (Å²) in [5.41, 5.74) is 4.41. The highest BCUT2D eigenvalue weighted by molar-refractivity contribution is 6.02. The van der Waals surface area contributed by atoms with Gasteiger partial charge in [-0.05, 0) is 55.2 Å². The van der Waals surface area contributed by atoms with E-state index in [0.29, 0.717) is 17.8 Å². The molecular formula is C30H34N4O3. The van der Waals surface area contributed by atoms with E-state index in [4.69, 9.17) is 4.74 Å². The van der Waals surface area contributed by atoms with Crippen LogP contribution in [0.15, 0.2) is 72.8 Å². The summed E-state index contributed by atoms with van der Waals surface area (Å²) in [7, 11) is 1.70. The summed E-state index contributed by atoms with van der Waals surface area (Å²) in [4.78, 5) is 30.3. The molecular weight excluding hydrogens is 464 g/mol. The molecule has 0 aromatic heterocycles. The van der Waals surface area contributed by atoms with Crippen LogP contribution in [0, 0.1) is 5.92 Å². The number of hydrogen-bond donors (Lipinski definition) is 2. The number of amides is 2. The molecule has 3 aromatic rings. The molecule has 0 atom stereocenters. The summed E-state index contributed by atoms with van der Waals surface area (Å²) in [6, 6.07) is 23.9. The first kappa shape index (κ1) is 24.7. The fraction of sp³-hybridized carbons (Fsp3) is 0.333. The minimum Gasteiger partial charge on any atom is -0.495 e. The predicted molar refractivity (Wildman–Crippen MR) is 148 cm³/mol. The van der Waals surface area contributed by atoms with Crippen LogP contribution >= 0.6 is 0 Å². The third-order valence-corrected chi connectivity index (χ3v) is 7.05. The van der Waals surface area contributed by atoms with Crippen molar-refractivity contribution < 1.29 is 14.3 Å². The van der Waals surface area contributed by atoms with Crippen LogP contribution in [0.2, 0.25) is 0 Å². The lowest BCUT2D eigenvalue weighted by Gasteiger charge is -2.38. The van der Waals surface area contributed by atoms with Crippen LogP contribution in [-0.2, 0) is 11.2 Å². The Morgan fingerprint density at radius 2 is 1.54 bits per heavy atom. The second-order valence-corrected chi connectivity index (χ2v) is 9.63. The van der Waals surface area contributed by atoms with E-state index < -0.39 is 0 Å². The van der Waals surface area contributed by atoms with Gasteiger partial charge in [0.05, 0.1) is 18.4 Å². The number of methoxy groups -OCH3 is 1. The number of carbonyl (C=O) groups excluding carboxylic acids is 2. The second kappa shape index (κ2) is 11.4. The fourth-order valence-electron chi connectivity index (χ4n) is 4.80. The predicted octanol–water partition coefficient (Wildman–Crippen LogP) is 4.34. The first-order valence-electron chi connectivity index (χ1n) is 13.0. The number of nitrogens with zero attached hydrogens (tertiary/aromatic N) is 2. The number of para-hydroxylation sites is 2. The zero-order valence-corrected chi connectivity index (χ0v) is 21.3. The van der Waals surface area contributed by atoms with Crippen molar-refractivity contribution in [2.45, 2.75) is 19.3 Å². The maximum Gasteiger partial charge on any atom is 0.253 e. The van der Waals surface area contributed by atoms with Crippen molar-refractivity contribution in [3.8, 4) is 5.75 Å². The molecule has 0 unspecified atom stereocenters. The maximum absolute atomic E-state index is 13.4. The number of piperazine rings is 1. The summed E-state index contributed by atoms with van der Waals surface area (Å²) >= 11 is 0. The number of hydrogen-bond acceptors (Lipinski definition) is 5. The molecule has 1 aliphatic carbocycles. The molecule has 7 heteroatoms. The molecule has 0 radical (unpaired) electrons. The third-order valence-electron chi connectivity index (χ3n) is 7.05. The number of rotatable bonds is 9. The standard InChI is InChI=1S/C30H34N4O3/c1-37-28-10-6-5-9-27(28)34-19-17-33(18-20-34)26-14-13-24(32-29(35)23-11-12-23)21-25(26)30(36)31-16-15-22-7-3-2-4-8-22/h2-10,13-14,21,23H,11-12,15-20H2,1H3,(H,31,36)(H,32,35). The molecule has 0 bridgehead atoms. The van der Waals surface area contributed by atoms with Gasteiger partial charge in [0.15, 0.2) is 0 Å². The highest BCUT2D eigenvalue weighted by atomic mass is 16.5. The van der Waals surface area contributed by atoms with Crippen LogP contribution in [0.25, 0.3) is 0 Å². The van der Waals surface area contributed by atoms with E-state index in [1.165, 1.54) is 5.56 Å². The molecule has 5 rings (SSSR count). The van der Waals surface area contributed by atoms with Crippen LogP contribution in [0.5, 0.6) is 5.75 Å². The summed E-state index contributed by atoms with van der Waals surface area (Å²) in [5.74, 6) is 0.880. The molecule has 2 amide bonds. The van der Waals surface area contributed by atoms with Crippen molar-refractivity contribution >= 4 is 28.9 Å². The Kier molecular flexibility index (Phi) is 7.59. The molecule has 1 saturated carbocycles. The lowest BCUT2D eigenvalue weighted by atomic mass is 10.1. The highest BCUT2D eigenvalue weighted by Crippen LogP contribution is 2.33. The van der Waals surface area contributed by atoms with Gasteiger partial charge in [0.25, 0.3) is 5.91 Å². The average Bonchev–Trinajstić information content (AvgIpc) is 3.80. The van der Waals surface area contributed by atoms with Crippen molar-refractivity contribution in [1.82, 2.24) is 5.32 Å². The Morgan fingerprint density at radius 3 is 2.24 bits per heavy atom. The molecule has 2 aliphatic rings. The van der Waals surface area contributed by atoms with Crippen molar-refractivity contribution in [3.05, 3.63) is 83.9 Å². The van der Waals surface area contributed by atoms with Gasteiger partial charge >= 0.3 is 0 Å². The van der Waals surface area contributed by atoms with Crippen molar-refractivity contribution in [3.63, 3.8) is 0 Å². The fourth-order valence-corrected chi connectivity index (χ4v) is 4.80. The smallest absolute Gasteiger partial charge is 0.253 e. The zero-order valence-electron chi connectivity index (χ0n) is 21.3. The number of anilines is 3. The van der Waals surface area contributed by atoms with Gasteiger partial charge in [-0.2, -0.15) is 0 Å². The lowest BCUT2D eigenvalue weighted by molar-refractivity contribution is -0.117. The topological polar surface area (TPSA) is 73.9 Å². The summed E-state index contributed by atoms with van der Waals surface area (Å²) in [6.45, 7) is 3.72. The molecule has 3 aromatic carbocycles. The minimum absolute atomic E-state index is 0.0357. The zero-order chi connectivity index (χ0) is 25.6. The number of nitrogens with one attached hydrogen (secondary N) is 2. The minimum atomic E-state index is -0.124. The van der Waals surface area contributed by atoms with E-state index in [9.17, 15) is 9.59 Å². The Labute approximate surface area is 218 Å². The first-order chi connectivity index (χ1) is 18.1. The van der Waals surface area contributed by atoms with Crippen molar-refractivity contribution in [2.24, 2.45) is 5.92 Å². The van der Waals surface area contributed by atoms with Gasteiger partial charge in [0.2, 0.25) is 5.91 Å². The Hall–Kier alpha value is -4.00. The van der Waals surface area contributed by atoms with Gasteiger partial charge in [-0.1, -0.05) is 42.5 Å². The molecule has 2 fully saturated rings. The number of ether oxygens (including phenoxy) is 1. The summed E-state index contributed by atoms with van der Waals surface area (Å²) < 4.78 is 5.55. The van der Waals surface area contributed by atoms with Gasteiger partial charge < -0.3 is 25.2 Å². The van der Waals surface area contributed by atoms with E-state index in [-0.39, 0.29) is 17.7 Å². The van der Waals surface area contributed by atoms with Crippen molar-refractivity contribution in [1.29, 1.82) is 0 Å². The second-order valence-electron chi connectivity index (χ2n) is 9.63. The van der Waals surface area contributed by atoms with Gasteiger partial charge in [-0.3, -0.25) is 9.59 Å². The Morgan fingerprint density at radius 1 is 0.865 bits per heavy atom. The van der Waals surface area contributed by atoms with Crippen LogP contribution in [0.1, 0.15) is 28.8 Å². The van der Waals surface area contributed by atoms with Crippen LogP contribution in [-0.4, -0.2) is 51.6 Å². The molecule has 192 valence electrons. The quantitative estimate of drug-likeness (QED) is 0.459. The lowest BCUT2D eigenvalue weighted by Crippen LogP contribution is -2.47. The van der Waals surface area contributed by atoms with Gasteiger partial charge in [-0.15, -0.1) is 0 Å². The normalized spacial score (nSPS) is 15.3. The molecule has 1 saturated heterocycles. The maximum atomic E-state index is 13.4. The molecule has 7 nitrogen and oxygen atoms in total. The van der Waals surface area contributed by atoms with Gasteiger partial charge in [-0.25, -0.2) is 0 Å². The monoisotopic (exact) mass is 498 g/mol. The Balaban J connectivity index is 1.30. The molecule has 2 N–H and O–H groups in total. The third kappa shape index (κ3) is 6.05. The summed E-state index contributed by atoms with van der Waals surface area (Å²) in [5, 5.41) is 6.08. The van der Waals surface area contributed by atoms with Gasteiger partial charge in [0.1, 0.15) is 5.75 Å². The van der Waals surface area contributed by atoms with E-state index in [2.05, 4.69) is 38.6 Å². The SMILES string of the molecule is COc1ccccc1N1CCN(c2ccc(NC(=O)C3CC3)cc2C(=O)NCCc2ccccc2)CC1.